The lowest BCUT2D eigenvalue weighted by Gasteiger charge is -2.05. The molecule has 0 aliphatic heterocycles. The van der Waals surface area contributed by atoms with E-state index in [0.717, 1.165) is 15.4 Å². The van der Waals surface area contributed by atoms with Gasteiger partial charge in [0.15, 0.2) is 5.69 Å². The highest BCUT2D eigenvalue weighted by molar-refractivity contribution is 7.12. The number of carbonyl (C=O) groups is 1. The summed E-state index contributed by atoms with van der Waals surface area (Å²) in [4.78, 5) is 17.4. The first kappa shape index (κ1) is 17.3. The van der Waals surface area contributed by atoms with Crippen LogP contribution in [0.3, 0.4) is 0 Å². The number of nitrogens with zero attached hydrogens (tertiary/aromatic N) is 1. The number of carbonyl (C=O) groups excluding carboxylic acids is 1. The van der Waals surface area contributed by atoms with Crippen molar-refractivity contribution in [3.8, 4) is 0 Å². The first-order valence-corrected chi connectivity index (χ1v) is 8.60. The lowest BCUT2D eigenvalue weighted by atomic mass is 10.1. The van der Waals surface area contributed by atoms with Crippen molar-refractivity contribution in [2.75, 3.05) is 6.61 Å². The van der Waals surface area contributed by atoms with Crippen LogP contribution in [0.5, 0.6) is 0 Å². The quantitative estimate of drug-likeness (QED) is 0.677. The van der Waals surface area contributed by atoms with Crippen LogP contribution >= 0.6 is 34.5 Å². The van der Waals surface area contributed by atoms with Crippen LogP contribution in [0, 0.1) is 0 Å². The fourth-order valence-electron chi connectivity index (χ4n) is 1.93. The molecule has 0 unspecified atom stereocenters. The number of aromatic nitrogens is 1. The third kappa shape index (κ3) is 4.00. The molecule has 0 saturated carbocycles. The van der Waals surface area contributed by atoms with Crippen LogP contribution in [0.4, 0.5) is 0 Å². The lowest BCUT2D eigenvalue weighted by Crippen LogP contribution is -2.08. The number of halogens is 2. The van der Waals surface area contributed by atoms with E-state index in [-0.39, 0.29) is 11.9 Å². The summed E-state index contributed by atoms with van der Waals surface area (Å²) in [6.07, 6.45) is 0.536. The third-order valence-electron chi connectivity index (χ3n) is 3.04. The highest BCUT2D eigenvalue weighted by atomic mass is 35.5. The van der Waals surface area contributed by atoms with Crippen LogP contribution in [0.2, 0.25) is 10.0 Å². The fourth-order valence-corrected chi connectivity index (χ4v) is 3.49. The molecule has 3 nitrogen and oxygen atoms in total. The van der Waals surface area contributed by atoms with E-state index in [2.05, 4.69) is 4.98 Å². The molecule has 1 aromatic carbocycles. The molecule has 2 rings (SSSR count). The van der Waals surface area contributed by atoms with E-state index in [1.54, 1.807) is 19.1 Å². The molecule has 0 amide bonds. The van der Waals surface area contributed by atoms with Gasteiger partial charge in [0, 0.05) is 27.3 Å². The number of benzene rings is 1. The minimum Gasteiger partial charge on any atom is -0.461 e. The molecule has 1 aromatic heterocycles. The Labute approximate surface area is 144 Å². The van der Waals surface area contributed by atoms with Gasteiger partial charge in [-0.05, 0) is 24.6 Å². The van der Waals surface area contributed by atoms with Gasteiger partial charge in [-0.2, -0.15) is 0 Å². The Kier molecular flexibility index (Phi) is 5.84. The average Bonchev–Trinajstić information content (AvgIpc) is 2.86. The van der Waals surface area contributed by atoms with Crippen LogP contribution in [0.1, 0.15) is 52.6 Å². The Morgan fingerprint density at radius 3 is 2.68 bits per heavy atom. The maximum Gasteiger partial charge on any atom is 0.358 e. The fraction of sp³-hybridized carbons (Fsp3) is 0.375. The highest BCUT2D eigenvalue weighted by Gasteiger charge is 2.21. The monoisotopic (exact) mass is 357 g/mol. The van der Waals surface area contributed by atoms with Crippen molar-refractivity contribution in [1.29, 1.82) is 0 Å². The van der Waals surface area contributed by atoms with Crippen LogP contribution < -0.4 is 0 Å². The van der Waals surface area contributed by atoms with Crippen molar-refractivity contribution in [1.82, 2.24) is 4.98 Å². The molecule has 0 N–H and O–H groups in total. The second-order valence-corrected chi connectivity index (χ2v) is 7.07. The minimum atomic E-state index is -0.384. The third-order valence-corrected chi connectivity index (χ3v) is 4.99. The van der Waals surface area contributed by atoms with Gasteiger partial charge in [0.25, 0.3) is 0 Å². The zero-order valence-electron chi connectivity index (χ0n) is 12.7. The van der Waals surface area contributed by atoms with Gasteiger partial charge in [-0.15, -0.1) is 11.3 Å². The molecule has 0 bridgehead atoms. The van der Waals surface area contributed by atoms with E-state index in [1.807, 2.05) is 19.9 Å². The molecule has 2 aromatic rings. The zero-order chi connectivity index (χ0) is 16.3. The largest absolute Gasteiger partial charge is 0.461 e. The molecular formula is C16H17Cl2NO2S. The van der Waals surface area contributed by atoms with E-state index in [4.69, 9.17) is 27.9 Å². The van der Waals surface area contributed by atoms with Crippen LogP contribution in [-0.4, -0.2) is 17.6 Å². The molecule has 0 spiro atoms. The Balaban J connectivity index is 2.38. The van der Waals surface area contributed by atoms with Crippen LogP contribution in [-0.2, 0) is 11.2 Å². The van der Waals surface area contributed by atoms with Gasteiger partial charge in [0.05, 0.1) is 11.6 Å². The van der Waals surface area contributed by atoms with Crippen molar-refractivity contribution < 1.29 is 9.53 Å². The smallest absolute Gasteiger partial charge is 0.358 e. The molecule has 0 aliphatic rings. The standard InChI is InChI=1S/C16H17Cl2NO2S/c1-4-21-16(20)14-13(22-15(19-14)9(2)3)7-10-5-6-11(17)8-12(10)18/h5-6,8-9H,4,7H2,1-3H3. The number of hydrogen-bond acceptors (Lipinski definition) is 4. The van der Waals surface area contributed by atoms with Crippen molar-refractivity contribution in [3.63, 3.8) is 0 Å². The number of thiazole rings is 1. The SMILES string of the molecule is CCOC(=O)c1nc(C(C)C)sc1Cc1ccc(Cl)cc1Cl. The molecule has 0 atom stereocenters. The highest BCUT2D eigenvalue weighted by Crippen LogP contribution is 2.30. The Hall–Kier alpha value is -1.10. The predicted octanol–water partition coefficient (Wildman–Crippen LogP) is 5.34. The van der Waals surface area contributed by atoms with E-state index >= 15 is 0 Å². The van der Waals surface area contributed by atoms with Gasteiger partial charge in [-0.1, -0.05) is 43.1 Å². The normalized spacial score (nSPS) is 11.0. The summed E-state index contributed by atoms with van der Waals surface area (Å²) in [5.41, 5.74) is 1.30. The molecule has 1 heterocycles. The molecule has 6 heteroatoms. The van der Waals surface area contributed by atoms with Crippen LogP contribution in [0.15, 0.2) is 18.2 Å². The summed E-state index contributed by atoms with van der Waals surface area (Å²) in [7, 11) is 0. The number of rotatable bonds is 5. The van der Waals surface area contributed by atoms with E-state index < -0.39 is 0 Å². The maximum atomic E-state index is 12.1. The maximum absolute atomic E-state index is 12.1. The van der Waals surface area contributed by atoms with Gasteiger partial charge < -0.3 is 4.74 Å². The molecule has 0 fully saturated rings. The zero-order valence-corrected chi connectivity index (χ0v) is 15.0. The van der Waals surface area contributed by atoms with Gasteiger partial charge in [0.1, 0.15) is 0 Å². The summed E-state index contributed by atoms with van der Waals surface area (Å²) in [5, 5.41) is 2.09. The second-order valence-electron chi connectivity index (χ2n) is 5.11. The molecule has 0 aliphatic carbocycles. The topological polar surface area (TPSA) is 39.2 Å². The first-order valence-electron chi connectivity index (χ1n) is 7.03. The average molecular weight is 358 g/mol. The number of ether oxygens (including phenoxy) is 1. The Bertz CT molecular complexity index is 683. The molecular weight excluding hydrogens is 341 g/mol. The Morgan fingerprint density at radius 1 is 1.36 bits per heavy atom. The summed E-state index contributed by atoms with van der Waals surface area (Å²) in [6.45, 7) is 6.21. The molecule has 0 saturated heterocycles. The summed E-state index contributed by atoms with van der Waals surface area (Å²) >= 11 is 13.7. The number of hydrogen-bond donors (Lipinski definition) is 0. The van der Waals surface area contributed by atoms with Crippen molar-refractivity contribution in [2.45, 2.75) is 33.1 Å². The summed E-state index contributed by atoms with van der Waals surface area (Å²) < 4.78 is 5.10. The van der Waals surface area contributed by atoms with Crippen molar-refractivity contribution in [3.05, 3.63) is 49.4 Å². The Morgan fingerprint density at radius 2 is 2.09 bits per heavy atom. The number of esters is 1. The van der Waals surface area contributed by atoms with Gasteiger partial charge >= 0.3 is 5.97 Å². The first-order chi connectivity index (χ1) is 10.4. The van der Waals surface area contributed by atoms with E-state index in [0.29, 0.717) is 28.8 Å². The predicted molar refractivity (Wildman–Crippen MR) is 91.4 cm³/mol. The lowest BCUT2D eigenvalue weighted by molar-refractivity contribution is 0.0519. The second kappa shape index (κ2) is 7.44. The van der Waals surface area contributed by atoms with E-state index in [9.17, 15) is 4.79 Å². The minimum absolute atomic E-state index is 0.257. The molecule has 22 heavy (non-hydrogen) atoms. The van der Waals surface area contributed by atoms with Gasteiger partial charge in [-0.3, -0.25) is 0 Å². The van der Waals surface area contributed by atoms with Crippen molar-refractivity contribution >= 4 is 40.5 Å². The summed E-state index contributed by atoms with van der Waals surface area (Å²) in [5.74, 6) is -0.127. The summed E-state index contributed by atoms with van der Waals surface area (Å²) in [6, 6.07) is 5.36. The molecule has 0 radical (unpaired) electrons. The van der Waals surface area contributed by atoms with E-state index in [1.165, 1.54) is 11.3 Å². The molecule has 118 valence electrons. The van der Waals surface area contributed by atoms with Gasteiger partial charge in [-0.25, -0.2) is 9.78 Å². The van der Waals surface area contributed by atoms with Gasteiger partial charge in [0.2, 0.25) is 0 Å². The van der Waals surface area contributed by atoms with Crippen molar-refractivity contribution in [2.24, 2.45) is 0 Å². The van der Waals surface area contributed by atoms with Crippen LogP contribution in [0.25, 0.3) is 0 Å².